The van der Waals surface area contributed by atoms with E-state index in [4.69, 9.17) is 11.6 Å². The topological polar surface area (TPSA) is 0 Å². The molecule has 0 saturated carbocycles. The van der Waals surface area contributed by atoms with Gasteiger partial charge in [-0.3, -0.25) is 0 Å². The third kappa shape index (κ3) is 2.42. The van der Waals surface area contributed by atoms with Crippen LogP contribution in [0.15, 0.2) is 114 Å². The maximum Gasteiger partial charge on any atom is 0.0732 e. The number of rotatable bonds is 1. The number of hydrogen-bond donors (Lipinski definition) is 0. The Balaban J connectivity index is 1.73. The highest BCUT2D eigenvalue weighted by Crippen LogP contribution is 2.65. The first kappa shape index (κ1) is 19.3. The Morgan fingerprint density at radius 1 is 0.545 bits per heavy atom. The van der Waals surface area contributed by atoms with E-state index in [-0.39, 0.29) is 0 Å². The van der Waals surface area contributed by atoms with E-state index >= 15 is 0 Å². The van der Waals surface area contributed by atoms with Gasteiger partial charge in [-0.25, -0.2) is 0 Å². The second-order valence-electron chi connectivity index (χ2n) is 8.74. The van der Waals surface area contributed by atoms with Crippen LogP contribution in [0.4, 0.5) is 0 Å². The molecule has 0 bridgehead atoms. The number of fused-ring (bicyclic) bond motifs is 10. The Bertz CT molecular complexity index is 1580. The van der Waals surface area contributed by atoms with Crippen LogP contribution in [0.25, 0.3) is 33.4 Å². The second kappa shape index (κ2) is 6.93. The molecule has 0 radical (unpaired) electrons. The summed E-state index contributed by atoms with van der Waals surface area (Å²) < 4.78 is 1.11. The van der Waals surface area contributed by atoms with Crippen LogP contribution in [-0.2, 0) is 5.41 Å². The van der Waals surface area contributed by atoms with Crippen LogP contribution in [0.3, 0.4) is 0 Å². The van der Waals surface area contributed by atoms with Crippen molar-refractivity contribution in [2.75, 3.05) is 0 Å². The molecule has 2 heteroatoms. The highest BCUT2D eigenvalue weighted by atomic mass is 79.9. The van der Waals surface area contributed by atoms with E-state index in [0.717, 1.165) is 9.50 Å². The molecule has 1 atom stereocenters. The molecule has 0 heterocycles. The summed E-state index contributed by atoms with van der Waals surface area (Å²) in [7, 11) is 0. The van der Waals surface area contributed by atoms with E-state index in [1.165, 1.54) is 55.6 Å². The zero-order valence-electron chi connectivity index (χ0n) is 17.6. The van der Waals surface area contributed by atoms with Gasteiger partial charge in [0.05, 0.1) is 5.41 Å². The molecule has 0 aliphatic heterocycles. The normalized spacial score (nSPS) is 16.9. The molecule has 0 amide bonds. The summed E-state index contributed by atoms with van der Waals surface area (Å²) in [5, 5.41) is 0.764. The number of halogens is 2. The van der Waals surface area contributed by atoms with Crippen molar-refractivity contribution >= 4 is 27.5 Å². The first-order valence-corrected chi connectivity index (χ1v) is 12.3. The minimum absolute atomic E-state index is 0.419. The van der Waals surface area contributed by atoms with E-state index in [1.54, 1.807) is 0 Å². The zero-order chi connectivity index (χ0) is 22.2. The summed E-state index contributed by atoms with van der Waals surface area (Å²) in [6.45, 7) is 0. The Labute approximate surface area is 206 Å². The molecule has 0 nitrogen and oxygen atoms in total. The standard InChI is InChI=1S/C31H18BrCl/c32-28-15-7-14-26-29(28)24-17-16-20(33)18-27(24)31(26)25-13-5-4-10-22(25)23-12-6-11-21(30(23)31)19-8-2-1-3-9-19/h1-18H. The molecule has 0 saturated heterocycles. The quantitative estimate of drug-likeness (QED) is 0.209. The van der Waals surface area contributed by atoms with Crippen molar-refractivity contribution in [2.45, 2.75) is 5.41 Å². The summed E-state index contributed by atoms with van der Waals surface area (Å²) >= 11 is 10.5. The monoisotopic (exact) mass is 504 g/mol. The van der Waals surface area contributed by atoms with Crippen LogP contribution in [0.5, 0.6) is 0 Å². The molecule has 1 spiro atoms. The van der Waals surface area contributed by atoms with Gasteiger partial charge in [-0.2, -0.15) is 0 Å². The lowest BCUT2D eigenvalue weighted by atomic mass is 9.68. The van der Waals surface area contributed by atoms with Crippen molar-refractivity contribution < 1.29 is 0 Å². The average molecular weight is 506 g/mol. The highest BCUT2D eigenvalue weighted by Gasteiger charge is 2.53. The fourth-order valence-corrected chi connectivity index (χ4v) is 6.83. The molecule has 5 aromatic rings. The van der Waals surface area contributed by atoms with Crippen LogP contribution in [0, 0.1) is 0 Å². The zero-order valence-corrected chi connectivity index (χ0v) is 20.0. The van der Waals surface area contributed by atoms with Gasteiger partial charge in [-0.15, -0.1) is 0 Å². The fraction of sp³-hybridized carbons (Fsp3) is 0.0323. The van der Waals surface area contributed by atoms with Crippen molar-refractivity contribution in [1.29, 1.82) is 0 Å². The molecule has 2 aliphatic carbocycles. The molecule has 33 heavy (non-hydrogen) atoms. The van der Waals surface area contributed by atoms with Gasteiger partial charge < -0.3 is 0 Å². The lowest BCUT2D eigenvalue weighted by Gasteiger charge is -2.32. The predicted octanol–water partition coefficient (Wildman–Crippen LogP) is 9.11. The number of benzene rings is 5. The van der Waals surface area contributed by atoms with E-state index in [1.807, 2.05) is 6.07 Å². The Kier molecular flexibility index (Phi) is 4.07. The molecule has 0 N–H and O–H groups in total. The molecule has 7 rings (SSSR count). The van der Waals surface area contributed by atoms with Gasteiger partial charge in [-0.1, -0.05) is 119 Å². The Hall–Kier alpha value is -3.13. The molecule has 156 valence electrons. The average Bonchev–Trinajstić information content (AvgIpc) is 3.32. The van der Waals surface area contributed by atoms with Crippen molar-refractivity contribution in [2.24, 2.45) is 0 Å². The van der Waals surface area contributed by atoms with Crippen LogP contribution in [0.2, 0.25) is 5.02 Å². The first-order valence-electron chi connectivity index (χ1n) is 11.1. The Morgan fingerprint density at radius 3 is 2.12 bits per heavy atom. The van der Waals surface area contributed by atoms with Gasteiger partial charge in [0, 0.05) is 15.1 Å². The molecule has 0 fully saturated rings. The van der Waals surface area contributed by atoms with Crippen LogP contribution in [0.1, 0.15) is 22.3 Å². The van der Waals surface area contributed by atoms with Gasteiger partial charge in [0.15, 0.2) is 0 Å². The van der Waals surface area contributed by atoms with Gasteiger partial charge in [0.1, 0.15) is 0 Å². The van der Waals surface area contributed by atoms with Crippen LogP contribution in [-0.4, -0.2) is 0 Å². The van der Waals surface area contributed by atoms with Crippen molar-refractivity contribution in [3.8, 4) is 33.4 Å². The molecule has 5 aromatic carbocycles. The lowest BCUT2D eigenvalue weighted by molar-refractivity contribution is 0.795. The Morgan fingerprint density at radius 2 is 1.24 bits per heavy atom. The molecule has 1 unspecified atom stereocenters. The molecule has 2 aliphatic rings. The van der Waals surface area contributed by atoms with Gasteiger partial charge >= 0.3 is 0 Å². The summed E-state index contributed by atoms with van der Waals surface area (Å²) in [5.41, 5.74) is 12.4. The van der Waals surface area contributed by atoms with Crippen molar-refractivity contribution in [1.82, 2.24) is 0 Å². The third-order valence-electron chi connectivity index (χ3n) is 7.22. The fourth-order valence-electron chi connectivity index (χ4n) is 6.08. The van der Waals surface area contributed by atoms with Crippen molar-refractivity contribution in [3.63, 3.8) is 0 Å². The van der Waals surface area contributed by atoms with Gasteiger partial charge in [-0.05, 0) is 68.3 Å². The van der Waals surface area contributed by atoms with E-state index < -0.39 is 5.41 Å². The summed E-state index contributed by atoms with van der Waals surface area (Å²) in [4.78, 5) is 0. The largest absolute Gasteiger partial charge is 0.0843 e. The molecule has 0 aromatic heterocycles. The predicted molar refractivity (Wildman–Crippen MR) is 141 cm³/mol. The second-order valence-corrected chi connectivity index (χ2v) is 10.0. The summed E-state index contributed by atoms with van der Waals surface area (Å²) in [6, 6.07) is 39.3. The third-order valence-corrected chi connectivity index (χ3v) is 8.11. The molecular weight excluding hydrogens is 488 g/mol. The highest BCUT2D eigenvalue weighted by molar-refractivity contribution is 9.10. The van der Waals surface area contributed by atoms with Gasteiger partial charge in [0.2, 0.25) is 0 Å². The van der Waals surface area contributed by atoms with Crippen LogP contribution >= 0.6 is 27.5 Å². The maximum absolute atomic E-state index is 6.67. The van der Waals surface area contributed by atoms with E-state index in [0.29, 0.717) is 0 Å². The first-order chi connectivity index (χ1) is 16.2. The summed E-state index contributed by atoms with van der Waals surface area (Å²) in [6.07, 6.45) is 0. The molecular formula is C31H18BrCl. The van der Waals surface area contributed by atoms with E-state index in [2.05, 4.69) is 119 Å². The van der Waals surface area contributed by atoms with Gasteiger partial charge in [0.25, 0.3) is 0 Å². The SMILES string of the molecule is Clc1ccc2c(c1)C1(c3ccccc3-c3cccc(-c4ccccc4)c31)c1cccc(Br)c1-2. The summed E-state index contributed by atoms with van der Waals surface area (Å²) in [5.74, 6) is 0. The maximum atomic E-state index is 6.67. The minimum atomic E-state index is -0.419. The van der Waals surface area contributed by atoms with E-state index in [9.17, 15) is 0 Å². The lowest BCUT2D eigenvalue weighted by Crippen LogP contribution is -2.26. The number of hydrogen-bond acceptors (Lipinski definition) is 0. The van der Waals surface area contributed by atoms with Crippen LogP contribution < -0.4 is 0 Å². The van der Waals surface area contributed by atoms with Crippen molar-refractivity contribution in [3.05, 3.63) is 141 Å². The smallest absolute Gasteiger partial charge is 0.0732 e. The minimum Gasteiger partial charge on any atom is -0.0843 e.